The van der Waals surface area contributed by atoms with Gasteiger partial charge in [-0.15, -0.1) is 0 Å². The molecule has 1 nitrogen and oxygen atoms in total. The second-order valence-corrected chi connectivity index (χ2v) is 4.37. The van der Waals surface area contributed by atoms with E-state index in [-0.39, 0.29) is 0 Å². The van der Waals surface area contributed by atoms with Crippen molar-refractivity contribution in [3.63, 3.8) is 0 Å². The number of hydrogen-bond donors (Lipinski definition) is 0. The van der Waals surface area contributed by atoms with Crippen molar-refractivity contribution < 1.29 is 0 Å². The smallest absolute Gasteiger partial charge is 0.0748 e. The van der Waals surface area contributed by atoms with Crippen LogP contribution in [0.15, 0.2) is 29.3 Å². The van der Waals surface area contributed by atoms with E-state index in [9.17, 15) is 0 Å². The van der Waals surface area contributed by atoms with Crippen LogP contribution in [0.3, 0.4) is 0 Å². The molecule has 1 aliphatic heterocycles. The van der Waals surface area contributed by atoms with Crippen LogP contribution >= 0.6 is 0 Å². The van der Waals surface area contributed by atoms with Crippen molar-refractivity contribution in [3.8, 4) is 0 Å². The van der Waals surface area contributed by atoms with Crippen molar-refractivity contribution >= 4 is 5.71 Å². The van der Waals surface area contributed by atoms with Gasteiger partial charge in [0, 0.05) is 5.71 Å². The van der Waals surface area contributed by atoms with Crippen molar-refractivity contribution in [2.45, 2.75) is 45.6 Å². The normalized spacial score (nSPS) is 21.2. The molecular formula is C14H19N. The average molecular weight is 201 g/mol. The lowest BCUT2D eigenvalue weighted by molar-refractivity contribution is 0.591. The minimum absolute atomic E-state index is 0.425. The molecule has 0 bridgehead atoms. The quantitative estimate of drug-likeness (QED) is 0.684. The van der Waals surface area contributed by atoms with Crippen LogP contribution in [0.1, 0.15) is 49.8 Å². The van der Waals surface area contributed by atoms with Crippen molar-refractivity contribution in [2.75, 3.05) is 0 Å². The zero-order valence-electron chi connectivity index (χ0n) is 9.66. The van der Waals surface area contributed by atoms with Gasteiger partial charge < -0.3 is 0 Å². The summed E-state index contributed by atoms with van der Waals surface area (Å²) in [5, 5.41) is 0. The fraction of sp³-hybridized carbons (Fsp3) is 0.500. The van der Waals surface area contributed by atoms with Gasteiger partial charge in [0.2, 0.25) is 0 Å². The van der Waals surface area contributed by atoms with E-state index in [4.69, 9.17) is 4.99 Å². The molecule has 0 aliphatic carbocycles. The molecule has 1 heteroatoms. The van der Waals surface area contributed by atoms with Gasteiger partial charge in [-0.05, 0) is 38.2 Å². The summed E-state index contributed by atoms with van der Waals surface area (Å²) in [6.07, 6.45) is 4.83. The van der Waals surface area contributed by atoms with Gasteiger partial charge in [-0.25, -0.2) is 0 Å². The number of rotatable bonds is 2. The van der Waals surface area contributed by atoms with E-state index in [2.05, 4.69) is 38.1 Å². The number of nitrogens with zero attached hydrogens (tertiary/aromatic N) is 1. The first-order valence-electron chi connectivity index (χ1n) is 5.91. The second kappa shape index (κ2) is 4.61. The molecule has 0 aromatic heterocycles. The summed E-state index contributed by atoms with van der Waals surface area (Å²) in [6.45, 7) is 4.34. The average Bonchev–Trinajstić information content (AvgIpc) is 2.30. The fourth-order valence-corrected chi connectivity index (χ4v) is 2.15. The molecular weight excluding hydrogens is 182 g/mol. The van der Waals surface area contributed by atoms with E-state index in [1.54, 1.807) is 0 Å². The molecule has 1 unspecified atom stereocenters. The van der Waals surface area contributed by atoms with E-state index in [1.165, 1.54) is 36.1 Å². The minimum Gasteiger partial charge on any atom is -0.286 e. The SMILES string of the molecule is CCC1=NC(c2ccc(C)cc2)CCC1. The third-order valence-electron chi connectivity index (χ3n) is 3.15. The van der Waals surface area contributed by atoms with E-state index in [1.807, 2.05) is 0 Å². The lowest BCUT2D eigenvalue weighted by Gasteiger charge is -2.20. The fourth-order valence-electron chi connectivity index (χ4n) is 2.15. The van der Waals surface area contributed by atoms with Gasteiger partial charge in [-0.3, -0.25) is 4.99 Å². The van der Waals surface area contributed by atoms with Gasteiger partial charge in [0.25, 0.3) is 0 Å². The van der Waals surface area contributed by atoms with E-state index in [0.717, 1.165) is 6.42 Å². The highest BCUT2D eigenvalue weighted by molar-refractivity contribution is 5.84. The number of hydrogen-bond acceptors (Lipinski definition) is 1. The Balaban J connectivity index is 2.20. The summed E-state index contributed by atoms with van der Waals surface area (Å²) < 4.78 is 0. The van der Waals surface area contributed by atoms with Crippen molar-refractivity contribution in [2.24, 2.45) is 4.99 Å². The molecule has 0 spiro atoms. The first-order chi connectivity index (χ1) is 7.29. The van der Waals surface area contributed by atoms with Crippen molar-refractivity contribution in [3.05, 3.63) is 35.4 Å². The third kappa shape index (κ3) is 2.47. The highest BCUT2D eigenvalue weighted by Crippen LogP contribution is 2.28. The maximum absolute atomic E-state index is 4.82. The first kappa shape index (κ1) is 10.4. The predicted octanol–water partition coefficient (Wildman–Crippen LogP) is 4.07. The largest absolute Gasteiger partial charge is 0.286 e. The van der Waals surface area contributed by atoms with E-state index in [0.29, 0.717) is 6.04 Å². The van der Waals surface area contributed by atoms with Crippen LogP contribution in [0.4, 0.5) is 0 Å². The third-order valence-corrected chi connectivity index (χ3v) is 3.15. The van der Waals surface area contributed by atoms with E-state index >= 15 is 0 Å². The highest BCUT2D eigenvalue weighted by atomic mass is 14.8. The molecule has 1 aromatic rings. The first-order valence-corrected chi connectivity index (χ1v) is 5.91. The summed E-state index contributed by atoms with van der Waals surface area (Å²) in [5.41, 5.74) is 4.10. The lowest BCUT2D eigenvalue weighted by atomic mass is 9.95. The van der Waals surface area contributed by atoms with Crippen LogP contribution in [-0.4, -0.2) is 5.71 Å². The topological polar surface area (TPSA) is 12.4 Å². The number of aliphatic imine (C=N–C) groups is 1. The Morgan fingerprint density at radius 1 is 1.27 bits per heavy atom. The standard InChI is InChI=1S/C14H19N/c1-3-13-5-4-6-14(15-13)12-9-7-11(2)8-10-12/h7-10,14H,3-6H2,1-2H3. The van der Waals surface area contributed by atoms with Crippen LogP contribution in [0.5, 0.6) is 0 Å². The molecule has 0 amide bonds. The van der Waals surface area contributed by atoms with Gasteiger partial charge in [0.05, 0.1) is 6.04 Å². The zero-order chi connectivity index (χ0) is 10.7. The molecule has 1 heterocycles. The molecule has 80 valence electrons. The molecule has 0 saturated carbocycles. The molecule has 0 saturated heterocycles. The van der Waals surface area contributed by atoms with Gasteiger partial charge in [0.1, 0.15) is 0 Å². The molecule has 1 aromatic carbocycles. The van der Waals surface area contributed by atoms with Crippen LogP contribution in [-0.2, 0) is 0 Å². The van der Waals surface area contributed by atoms with Crippen LogP contribution in [0, 0.1) is 6.92 Å². The Hall–Kier alpha value is -1.11. The Kier molecular flexibility index (Phi) is 3.20. The number of aryl methyl sites for hydroxylation is 1. The molecule has 1 aliphatic rings. The summed E-state index contributed by atoms with van der Waals surface area (Å²) >= 11 is 0. The molecule has 0 fully saturated rings. The molecule has 1 atom stereocenters. The van der Waals surface area contributed by atoms with Crippen molar-refractivity contribution in [1.82, 2.24) is 0 Å². The second-order valence-electron chi connectivity index (χ2n) is 4.37. The van der Waals surface area contributed by atoms with Gasteiger partial charge in [0.15, 0.2) is 0 Å². The molecule has 0 N–H and O–H groups in total. The summed E-state index contributed by atoms with van der Waals surface area (Å²) in [4.78, 5) is 4.82. The van der Waals surface area contributed by atoms with E-state index < -0.39 is 0 Å². The Morgan fingerprint density at radius 3 is 2.67 bits per heavy atom. The van der Waals surface area contributed by atoms with Gasteiger partial charge in [-0.1, -0.05) is 36.8 Å². The van der Waals surface area contributed by atoms with Gasteiger partial charge >= 0.3 is 0 Å². The molecule has 2 rings (SSSR count). The number of benzene rings is 1. The van der Waals surface area contributed by atoms with Crippen LogP contribution in [0.25, 0.3) is 0 Å². The summed E-state index contributed by atoms with van der Waals surface area (Å²) in [5.74, 6) is 0. The van der Waals surface area contributed by atoms with Gasteiger partial charge in [-0.2, -0.15) is 0 Å². The van der Waals surface area contributed by atoms with Crippen molar-refractivity contribution in [1.29, 1.82) is 0 Å². The zero-order valence-corrected chi connectivity index (χ0v) is 9.66. The maximum atomic E-state index is 4.82. The summed E-state index contributed by atoms with van der Waals surface area (Å²) in [6, 6.07) is 9.25. The Labute approximate surface area is 92.2 Å². The monoisotopic (exact) mass is 201 g/mol. The Bertz CT molecular complexity index is 348. The molecule has 15 heavy (non-hydrogen) atoms. The van der Waals surface area contributed by atoms with Crippen LogP contribution in [0.2, 0.25) is 0 Å². The van der Waals surface area contributed by atoms with Crippen LogP contribution < -0.4 is 0 Å². The predicted molar refractivity (Wildman–Crippen MR) is 65.5 cm³/mol. The maximum Gasteiger partial charge on any atom is 0.0748 e. The summed E-state index contributed by atoms with van der Waals surface area (Å²) in [7, 11) is 0. The Morgan fingerprint density at radius 2 is 2.00 bits per heavy atom. The highest BCUT2D eigenvalue weighted by Gasteiger charge is 2.15. The minimum atomic E-state index is 0.425. The lowest BCUT2D eigenvalue weighted by Crippen LogP contribution is -2.09. The molecule has 0 radical (unpaired) electrons.